The highest BCUT2D eigenvalue weighted by Crippen LogP contribution is 2.38. The second kappa shape index (κ2) is 8.58. The van der Waals surface area contributed by atoms with Crippen LogP contribution in [-0.4, -0.2) is 21.0 Å². The molecular formula is C27H34FN3. The number of hydrogen-bond donors (Lipinski definition) is 2. The second-order valence-electron chi connectivity index (χ2n) is 10.4. The van der Waals surface area contributed by atoms with Crippen LogP contribution in [-0.2, 0) is 6.42 Å². The molecule has 0 spiro atoms. The van der Waals surface area contributed by atoms with Gasteiger partial charge in [0.1, 0.15) is 5.82 Å². The third-order valence-electron chi connectivity index (χ3n) is 6.40. The van der Waals surface area contributed by atoms with Crippen LogP contribution in [0.4, 0.5) is 4.39 Å². The molecule has 3 aromatic rings. The van der Waals surface area contributed by atoms with E-state index in [1.165, 1.54) is 30.4 Å². The van der Waals surface area contributed by atoms with E-state index in [2.05, 4.69) is 49.2 Å². The number of halogens is 1. The maximum Gasteiger partial charge on any atom is 0.123 e. The van der Waals surface area contributed by atoms with E-state index >= 15 is 0 Å². The number of rotatable bonds is 6. The molecular weight excluding hydrogens is 385 g/mol. The van der Waals surface area contributed by atoms with E-state index in [4.69, 9.17) is 0 Å². The Hall–Kier alpha value is -2.46. The Bertz CT molecular complexity index is 987. The summed E-state index contributed by atoms with van der Waals surface area (Å²) in [5, 5.41) is 3.79. The molecule has 0 aliphatic carbocycles. The SMILES string of the molecule is CC1(C)CC(CCCc2c[nH]c(-c3ccncc3)c2-c2ccc(F)cc2)CC(C)(C)N1. The minimum absolute atomic E-state index is 0.189. The van der Waals surface area contributed by atoms with Crippen LogP contribution in [0.5, 0.6) is 0 Å². The Labute approximate surface area is 185 Å². The lowest BCUT2D eigenvalue weighted by molar-refractivity contribution is 0.122. The molecule has 1 aromatic carbocycles. The zero-order chi connectivity index (χ0) is 22.1. The molecule has 0 atom stereocenters. The van der Waals surface area contributed by atoms with Gasteiger partial charge in [0, 0.05) is 40.8 Å². The van der Waals surface area contributed by atoms with Crippen molar-refractivity contribution in [1.82, 2.24) is 15.3 Å². The first-order valence-corrected chi connectivity index (χ1v) is 11.4. The van der Waals surface area contributed by atoms with Crippen molar-refractivity contribution >= 4 is 0 Å². The van der Waals surface area contributed by atoms with Gasteiger partial charge in [0.25, 0.3) is 0 Å². The maximum absolute atomic E-state index is 13.6. The minimum atomic E-state index is -0.206. The molecule has 0 amide bonds. The lowest BCUT2D eigenvalue weighted by Crippen LogP contribution is -2.57. The van der Waals surface area contributed by atoms with Crippen molar-refractivity contribution in [2.24, 2.45) is 5.92 Å². The van der Waals surface area contributed by atoms with Crippen LogP contribution >= 0.6 is 0 Å². The lowest BCUT2D eigenvalue weighted by atomic mass is 9.74. The molecule has 0 radical (unpaired) electrons. The third kappa shape index (κ3) is 5.24. The molecule has 1 aliphatic rings. The molecule has 1 saturated heterocycles. The van der Waals surface area contributed by atoms with E-state index in [0.717, 1.165) is 35.6 Å². The van der Waals surface area contributed by atoms with Gasteiger partial charge in [0.2, 0.25) is 0 Å². The van der Waals surface area contributed by atoms with Crippen LogP contribution in [0, 0.1) is 11.7 Å². The first kappa shape index (κ1) is 21.8. The maximum atomic E-state index is 13.6. The quantitative estimate of drug-likeness (QED) is 0.463. The number of aromatic nitrogens is 2. The Balaban J connectivity index is 1.55. The van der Waals surface area contributed by atoms with Gasteiger partial charge in [0.05, 0.1) is 5.69 Å². The van der Waals surface area contributed by atoms with Crippen molar-refractivity contribution in [2.75, 3.05) is 0 Å². The van der Waals surface area contributed by atoms with Crippen LogP contribution < -0.4 is 5.32 Å². The van der Waals surface area contributed by atoms with Crippen molar-refractivity contribution in [3.05, 3.63) is 66.4 Å². The molecule has 0 bridgehead atoms. The lowest BCUT2D eigenvalue weighted by Gasteiger charge is -2.46. The largest absolute Gasteiger partial charge is 0.360 e. The Morgan fingerprint density at radius 3 is 2.23 bits per heavy atom. The topological polar surface area (TPSA) is 40.7 Å². The third-order valence-corrected chi connectivity index (χ3v) is 6.40. The summed E-state index contributed by atoms with van der Waals surface area (Å²) in [6.07, 6.45) is 11.6. The normalized spacial score (nSPS) is 18.2. The molecule has 1 aliphatic heterocycles. The molecule has 4 heteroatoms. The van der Waals surface area contributed by atoms with Crippen LogP contribution in [0.15, 0.2) is 55.0 Å². The summed E-state index contributed by atoms with van der Waals surface area (Å²) in [5.74, 6) is 0.529. The van der Waals surface area contributed by atoms with Gasteiger partial charge in [-0.3, -0.25) is 4.98 Å². The highest BCUT2D eigenvalue weighted by Gasteiger charge is 2.37. The molecule has 2 aromatic heterocycles. The Morgan fingerprint density at radius 2 is 1.58 bits per heavy atom. The van der Waals surface area contributed by atoms with Gasteiger partial charge in [-0.15, -0.1) is 0 Å². The van der Waals surface area contributed by atoms with Gasteiger partial charge in [-0.25, -0.2) is 4.39 Å². The number of nitrogens with one attached hydrogen (secondary N) is 2. The molecule has 3 nitrogen and oxygen atoms in total. The van der Waals surface area contributed by atoms with Gasteiger partial charge in [-0.05, 0) is 101 Å². The van der Waals surface area contributed by atoms with Gasteiger partial charge < -0.3 is 10.3 Å². The highest BCUT2D eigenvalue weighted by atomic mass is 19.1. The molecule has 1 fully saturated rings. The fourth-order valence-corrected chi connectivity index (χ4v) is 5.67. The molecule has 164 valence electrons. The van der Waals surface area contributed by atoms with Gasteiger partial charge >= 0.3 is 0 Å². The zero-order valence-electron chi connectivity index (χ0n) is 19.1. The molecule has 0 saturated carbocycles. The predicted molar refractivity (Wildman–Crippen MR) is 126 cm³/mol. The van der Waals surface area contributed by atoms with Crippen LogP contribution in [0.3, 0.4) is 0 Å². The number of aryl methyl sites for hydroxylation is 1. The van der Waals surface area contributed by atoms with E-state index in [-0.39, 0.29) is 16.9 Å². The van der Waals surface area contributed by atoms with E-state index < -0.39 is 0 Å². The predicted octanol–water partition coefficient (Wildman–Crippen LogP) is 6.76. The monoisotopic (exact) mass is 419 g/mol. The minimum Gasteiger partial charge on any atom is -0.360 e. The average Bonchev–Trinajstić information content (AvgIpc) is 3.11. The zero-order valence-corrected chi connectivity index (χ0v) is 19.1. The first-order chi connectivity index (χ1) is 14.7. The highest BCUT2D eigenvalue weighted by molar-refractivity contribution is 5.83. The number of benzene rings is 1. The van der Waals surface area contributed by atoms with Crippen LogP contribution in [0.1, 0.15) is 58.9 Å². The van der Waals surface area contributed by atoms with E-state index in [0.29, 0.717) is 0 Å². The number of hydrogen-bond acceptors (Lipinski definition) is 2. The molecule has 4 rings (SSSR count). The fraction of sp³-hybridized carbons (Fsp3) is 0.444. The van der Waals surface area contributed by atoms with Crippen LogP contribution in [0.2, 0.25) is 0 Å². The fourth-order valence-electron chi connectivity index (χ4n) is 5.67. The first-order valence-electron chi connectivity index (χ1n) is 11.4. The van der Waals surface area contributed by atoms with Crippen molar-refractivity contribution < 1.29 is 4.39 Å². The van der Waals surface area contributed by atoms with Gasteiger partial charge in [0.15, 0.2) is 0 Å². The van der Waals surface area contributed by atoms with Crippen LogP contribution in [0.25, 0.3) is 22.4 Å². The number of H-pyrrole nitrogens is 1. The van der Waals surface area contributed by atoms with E-state index in [1.54, 1.807) is 12.1 Å². The number of piperidine rings is 1. The molecule has 2 N–H and O–H groups in total. The van der Waals surface area contributed by atoms with E-state index in [9.17, 15) is 4.39 Å². The Kier molecular flexibility index (Phi) is 6.02. The summed E-state index contributed by atoms with van der Waals surface area (Å²) in [6, 6.07) is 10.9. The number of aromatic amines is 1. The summed E-state index contributed by atoms with van der Waals surface area (Å²) in [5.41, 5.74) is 6.08. The van der Waals surface area contributed by atoms with E-state index in [1.807, 2.05) is 36.7 Å². The standard InChI is InChI=1S/C27H34FN3/c1-26(2)16-19(17-27(3,4)31-26)6-5-7-22-18-30-25(21-12-14-29-15-13-21)24(22)20-8-10-23(28)11-9-20/h8-15,18-19,30-31H,5-7,16-17H2,1-4H3. The second-order valence-corrected chi connectivity index (χ2v) is 10.4. The van der Waals surface area contributed by atoms with Crippen molar-refractivity contribution in [1.29, 1.82) is 0 Å². The van der Waals surface area contributed by atoms with Crippen molar-refractivity contribution in [3.63, 3.8) is 0 Å². The summed E-state index contributed by atoms with van der Waals surface area (Å²) in [4.78, 5) is 7.63. The summed E-state index contributed by atoms with van der Waals surface area (Å²) < 4.78 is 13.6. The van der Waals surface area contributed by atoms with Crippen molar-refractivity contribution in [2.45, 2.75) is 70.9 Å². The number of nitrogens with zero attached hydrogens (tertiary/aromatic N) is 1. The Morgan fingerprint density at radius 1 is 0.935 bits per heavy atom. The molecule has 0 unspecified atom stereocenters. The molecule has 3 heterocycles. The average molecular weight is 420 g/mol. The van der Waals surface area contributed by atoms with Crippen molar-refractivity contribution in [3.8, 4) is 22.4 Å². The van der Waals surface area contributed by atoms with Gasteiger partial charge in [-0.2, -0.15) is 0 Å². The smallest absolute Gasteiger partial charge is 0.123 e. The number of pyridine rings is 1. The molecule has 31 heavy (non-hydrogen) atoms. The summed E-state index contributed by atoms with van der Waals surface area (Å²) in [6.45, 7) is 9.28. The summed E-state index contributed by atoms with van der Waals surface area (Å²) >= 11 is 0. The summed E-state index contributed by atoms with van der Waals surface area (Å²) in [7, 11) is 0. The van der Waals surface area contributed by atoms with Gasteiger partial charge in [-0.1, -0.05) is 12.1 Å².